The van der Waals surface area contributed by atoms with Gasteiger partial charge in [0.05, 0.1) is 32.9 Å². The summed E-state index contributed by atoms with van der Waals surface area (Å²) < 4.78 is 29.8. The predicted molar refractivity (Wildman–Crippen MR) is 165 cm³/mol. The van der Waals surface area contributed by atoms with Crippen molar-refractivity contribution in [2.45, 2.75) is 32.2 Å². The van der Waals surface area contributed by atoms with Gasteiger partial charge in [-0.3, -0.25) is 19.7 Å². The molecule has 1 atom stereocenters. The van der Waals surface area contributed by atoms with Crippen LogP contribution in [0.5, 0.6) is 0 Å². The first-order valence-corrected chi connectivity index (χ1v) is 14.5. The quantitative estimate of drug-likeness (QED) is 0.0916. The van der Waals surface area contributed by atoms with Crippen LogP contribution in [-0.4, -0.2) is 57.8 Å². The Morgan fingerprint density at radius 3 is 2.73 bits per heavy atom. The van der Waals surface area contributed by atoms with E-state index in [-0.39, 0.29) is 33.5 Å². The zero-order chi connectivity index (χ0) is 30.7. The minimum absolute atomic E-state index is 0.00860. The second-order valence-corrected chi connectivity index (χ2v) is 11.1. The second kappa shape index (κ2) is 10.5. The van der Waals surface area contributed by atoms with Crippen LogP contribution in [0.3, 0.4) is 0 Å². The highest BCUT2D eigenvalue weighted by atomic mass is 19.1. The first-order valence-electron chi connectivity index (χ1n) is 14.5. The number of aromatic nitrogens is 2. The number of carbonyl (C=O) groups is 1. The number of carbonyl (C=O) groups excluding carboxylic acids is 1. The maximum Gasteiger partial charge on any atom is 0.273 e. The lowest BCUT2D eigenvalue weighted by Crippen LogP contribution is -2.29. The molecular weight excluding hydrogens is 571 g/mol. The minimum Gasteiger partial charge on any atom is -0.453 e. The van der Waals surface area contributed by atoms with Crippen molar-refractivity contribution >= 4 is 67.1 Å². The number of nitrogens with one attached hydrogen (secondary N) is 3. The molecular formula is C31H29FN6O6. The number of amides is 1. The molecule has 12 nitrogen and oxygen atoms in total. The summed E-state index contributed by atoms with van der Waals surface area (Å²) in [6.07, 6.45) is 4.44. The number of rotatable bonds is 7. The highest BCUT2D eigenvalue weighted by molar-refractivity contribution is 6.06. The van der Waals surface area contributed by atoms with Crippen molar-refractivity contribution in [1.82, 2.24) is 19.6 Å². The normalized spacial score (nSPS) is 15.7. The molecule has 44 heavy (non-hydrogen) atoms. The van der Waals surface area contributed by atoms with Crippen molar-refractivity contribution in [2.24, 2.45) is 0 Å². The third-order valence-electron chi connectivity index (χ3n) is 8.43. The number of H-pyrrole nitrogens is 1. The molecule has 7 rings (SSSR count). The lowest BCUT2D eigenvalue weighted by molar-refractivity contribution is -0.384. The molecule has 0 bridgehead atoms. The summed E-state index contributed by atoms with van der Waals surface area (Å²) in [4.78, 5) is 42.8. The third kappa shape index (κ3) is 4.47. The van der Waals surface area contributed by atoms with Crippen LogP contribution in [0, 0.1) is 15.9 Å². The number of hydrogen-bond donors (Lipinski definition) is 3. The number of nitro groups is 1. The van der Waals surface area contributed by atoms with Gasteiger partial charge in [-0.05, 0) is 51.9 Å². The number of pyridine rings is 1. The van der Waals surface area contributed by atoms with Crippen molar-refractivity contribution < 1.29 is 22.9 Å². The highest BCUT2D eigenvalue weighted by Gasteiger charge is 2.25. The monoisotopic (exact) mass is 600 g/mol. The van der Waals surface area contributed by atoms with Crippen LogP contribution in [0.25, 0.3) is 49.8 Å². The first kappa shape index (κ1) is 27.7. The summed E-state index contributed by atoms with van der Waals surface area (Å²) in [7, 11) is 2.08. The molecule has 1 amide bonds. The number of likely N-dealkylation sites (tertiary alicyclic amines) is 1. The molecule has 226 valence electrons. The van der Waals surface area contributed by atoms with Gasteiger partial charge in [0.1, 0.15) is 16.8 Å². The first-order chi connectivity index (χ1) is 21.2. The molecule has 6 aromatic rings. The van der Waals surface area contributed by atoms with E-state index in [1.807, 2.05) is 0 Å². The smallest absolute Gasteiger partial charge is 0.273 e. The van der Waals surface area contributed by atoms with E-state index < -0.39 is 22.1 Å². The van der Waals surface area contributed by atoms with Gasteiger partial charge in [-0.1, -0.05) is 0 Å². The van der Waals surface area contributed by atoms with Crippen LogP contribution in [0.4, 0.5) is 15.8 Å². The fraction of sp³-hybridized carbons (Fsp3) is 0.290. The highest BCUT2D eigenvalue weighted by Crippen LogP contribution is 2.36. The van der Waals surface area contributed by atoms with E-state index in [0.29, 0.717) is 52.4 Å². The lowest BCUT2D eigenvalue weighted by Gasteiger charge is -2.20. The molecule has 0 saturated carbocycles. The van der Waals surface area contributed by atoms with Crippen LogP contribution < -0.4 is 16.1 Å². The van der Waals surface area contributed by atoms with Crippen molar-refractivity contribution in [3.8, 4) is 0 Å². The zero-order valence-corrected chi connectivity index (χ0v) is 24.0. The van der Waals surface area contributed by atoms with Gasteiger partial charge in [0.2, 0.25) is 5.43 Å². The fourth-order valence-electron chi connectivity index (χ4n) is 6.19. The Balaban J connectivity index is 1.48. The van der Waals surface area contributed by atoms with Crippen LogP contribution >= 0.6 is 0 Å². The molecule has 1 saturated heterocycles. The van der Waals surface area contributed by atoms with Crippen LogP contribution in [-0.2, 0) is 0 Å². The number of nitrogens with zero attached hydrogens (tertiary/aromatic N) is 3. The topological polar surface area (TPSA) is 151 Å². The molecule has 1 aliphatic heterocycles. The average Bonchev–Trinajstić information content (AvgIpc) is 3.41. The van der Waals surface area contributed by atoms with E-state index in [0.717, 1.165) is 31.9 Å². The Kier molecular flexibility index (Phi) is 6.61. The Morgan fingerprint density at radius 1 is 1.16 bits per heavy atom. The minimum atomic E-state index is -0.664. The summed E-state index contributed by atoms with van der Waals surface area (Å²) in [5.41, 5.74) is 2.08. The fourth-order valence-corrected chi connectivity index (χ4v) is 6.19. The molecule has 0 aliphatic carbocycles. The van der Waals surface area contributed by atoms with Gasteiger partial charge in [0.25, 0.3) is 11.6 Å². The Bertz CT molecular complexity index is 2230. The summed E-state index contributed by atoms with van der Waals surface area (Å²) in [5.74, 6) is -1.25. The van der Waals surface area contributed by atoms with Crippen LogP contribution in [0.1, 0.15) is 36.5 Å². The molecule has 4 heterocycles. The summed E-state index contributed by atoms with van der Waals surface area (Å²) in [6, 6.07) is 9.11. The number of halogens is 1. The largest absolute Gasteiger partial charge is 0.453 e. The number of anilines is 1. The summed E-state index contributed by atoms with van der Waals surface area (Å²) in [5, 5.41) is 17.2. The van der Waals surface area contributed by atoms with E-state index in [9.17, 15) is 19.7 Å². The molecule has 0 radical (unpaired) electrons. The molecule has 1 aliphatic rings. The number of hydrogen-bond acceptors (Lipinski definition) is 8. The van der Waals surface area contributed by atoms with Crippen molar-refractivity contribution in [2.75, 3.05) is 32.0 Å². The number of nitro benzene ring substituents is 1. The van der Waals surface area contributed by atoms with Crippen molar-refractivity contribution in [3.63, 3.8) is 0 Å². The van der Waals surface area contributed by atoms with E-state index >= 15 is 4.39 Å². The number of aromatic amines is 1. The van der Waals surface area contributed by atoms with Gasteiger partial charge < -0.3 is 33.8 Å². The molecule has 1 fully saturated rings. The van der Waals surface area contributed by atoms with E-state index in [1.165, 1.54) is 18.3 Å². The molecule has 3 N–H and O–H groups in total. The number of fused-ring (bicyclic) bond motifs is 4. The van der Waals surface area contributed by atoms with Gasteiger partial charge in [-0.2, -0.15) is 0 Å². The second-order valence-electron chi connectivity index (χ2n) is 11.1. The number of benzene rings is 3. The number of non-ortho nitro benzene ring substituents is 1. The molecule has 1 unspecified atom stereocenters. The van der Waals surface area contributed by atoms with E-state index in [2.05, 4.69) is 27.6 Å². The Morgan fingerprint density at radius 2 is 1.98 bits per heavy atom. The van der Waals surface area contributed by atoms with E-state index in [4.69, 9.17) is 8.83 Å². The lowest BCUT2D eigenvalue weighted by atomic mass is 10.1. The standard InChI is InChI=1S/C31H29FN6O6/c1-3-33-31(40)19-15-37-23-14-25-22(35-21-7-6-17(38(41)42)11-24(21)43-25)13-26(23)44-30-27(20(32)12-18(28(30)37)29(19)39)34-9-8-16-5-4-10-36(16)2/h6-7,11-16,34-35H,3-5,8-10H2,1-2H3,(H,33,40). The van der Waals surface area contributed by atoms with E-state index in [1.54, 1.807) is 29.5 Å². The Labute approximate surface area is 248 Å². The van der Waals surface area contributed by atoms with Crippen molar-refractivity contribution in [1.29, 1.82) is 0 Å². The van der Waals surface area contributed by atoms with Gasteiger partial charge in [-0.15, -0.1) is 0 Å². The Hall–Kier alpha value is -5.17. The maximum atomic E-state index is 15.8. The maximum absolute atomic E-state index is 15.8. The predicted octanol–water partition coefficient (Wildman–Crippen LogP) is 5.68. The zero-order valence-electron chi connectivity index (χ0n) is 24.0. The molecule has 3 aromatic carbocycles. The van der Waals surface area contributed by atoms with Gasteiger partial charge in [0.15, 0.2) is 28.1 Å². The van der Waals surface area contributed by atoms with Gasteiger partial charge in [0, 0.05) is 43.5 Å². The SMILES string of the molecule is CCNC(=O)c1cn2c3cc4oc5cc([N+](=O)[O-])ccc5[nH]c4cc3oc3c(NCCC4CCCN4C)c(F)cc(c1=O)c32. The summed E-state index contributed by atoms with van der Waals surface area (Å²) >= 11 is 0. The third-order valence-corrected chi connectivity index (χ3v) is 8.43. The van der Waals surface area contributed by atoms with Crippen molar-refractivity contribution in [3.05, 3.63) is 74.3 Å². The van der Waals surface area contributed by atoms with Crippen LogP contribution in [0.2, 0.25) is 0 Å². The van der Waals surface area contributed by atoms with Crippen LogP contribution in [0.15, 0.2) is 56.2 Å². The molecule has 13 heteroatoms. The molecule has 3 aromatic heterocycles. The van der Waals surface area contributed by atoms with Gasteiger partial charge in [-0.25, -0.2) is 4.39 Å². The van der Waals surface area contributed by atoms with Gasteiger partial charge >= 0.3 is 0 Å². The molecule has 0 spiro atoms. The average molecular weight is 601 g/mol. The summed E-state index contributed by atoms with van der Waals surface area (Å²) in [6.45, 7) is 3.56.